The van der Waals surface area contributed by atoms with Gasteiger partial charge in [0.25, 0.3) is 0 Å². The smallest absolute Gasteiger partial charge is 0.128 e. The zero-order valence-electron chi connectivity index (χ0n) is 11.0. The standard InChI is InChI=1S/C16H14FN3/c1-10-6-7-11(8-13(10)17)20-16-12-4-2-3-5-15(12)19-9-14(16)18/h2-9H,18H2,1H3,(H,19,20). The molecule has 0 saturated carbocycles. The van der Waals surface area contributed by atoms with Gasteiger partial charge >= 0.3 is 0 Å². The number of pyridine rings is 1. The molecule has 3 N–H and O–H groups in total. The predicted octanol–water partition coefficient (Wildman–Crippen LogP) is 4.01. The quantitative estimate of drug-likeness (QED) is 0.737. The van der Waals surface area contributed by atoms with Gasteiger partial charge in [-0.1, -0.05) is 24.3 Å². The highest BCUT2D eigenvalue weighted by molar-refractivity contribution is 5.98. The second-order valence-corrected chi connectivity index (χ2v) is 4.69. The second kappa shape index (κ2) is 4.81. The Labute approximate surface area is 116 Å². The number of fused-ring (bicyclic) bond motifs is 1. The molecular weight excluding hydrogens is 253 g/mol. The molecule has 0 fully saturated rings. The minimum Gasteiger partial charge on any atom is -0.396 e. The summed E-state index contributed by atoms with van der Waals surface area (Å²) in [4.78, 5) is 4.28. The van der Waals surface area contributed by atoms with Crippen LogP contribution in [0.1, 0.15) is 5.56 Å². The lowest BCUT2D eigenvalue weighted by molar-refractivity contribution is 0.619. The molecule has 2 aromatic carbocycles. The van der Waals surface area contributed by atoms with Gasteiger partial charge in [-0.2, -0.15) is 0 Å². The van der Waals surface area contributed by atoms with Crippen molar-refractivity contribution in [3.05, 3.63) is 60.0 Å². The number of hydrogen-bond donors (Lipinski definition) is 2. The van der Waals surface area contributed by atoms with E-state index in [9.17, 15) is 4.39 Å². The molecule has 0 unspecified atom stereocenters. The summed E-state index contributed by atoms with van der Waals surface area (Å²) in [5.74, 6) is -0.244. The summed E-state index contributed by atoms with van der Waals surface area (Å²) in [6.45, 7) is 1.73. The molecule has 0 spiro atoms. The molecule has 3 nitrogen and oxygen atoms in total. The lowest BCUT2D eigenvalue weighted by atomic mass is 10.1. The maximum absolute atomic E-state index is 13.6. The fraction of sp³-hybridized carbons (Fsp3) is 0.0625. The van der Waals surface area contributed by atoms with Gasteiger partial charge < -0.3 is 11.1 Å². The Morgan fingerprint density at radius 2 is 1.95 bits per heavy atom. The molecule has 1 aromatic heterocycles. The number of halogens is 1. The van der Waals surface area contributed by atoms with E-state index in [0.717, 1.165) is 16.6 Å². The van der Waals surface area contributed by atoms with Gasteiger partial charge in [0.1, 0.15) is 5.82 Å². The Morgan fingerprint density at radius 3 is 2.75 bits per heavy atom. The third kappa shape index (κ3) is 2.16. The van der Waals surface area contributed by atoms with Gasteiger partial charge in [0, 0.05) is 11.1 Å². The van der Waals surface area contributed by atoms with E-state index in [0.29, 0.717) is 16.9 Å². The van der Waals surface area contributed by atoms with Crippen LogP contribution in [0.25, 0.3) is 10.9 Å². The Hall–Kier alpha value is -2.62. The van der Waals surface area contributed by atoms with E-state index in [1.54, 1.807) is 19.2 Å². The molecule has 0 bridgehead atoms. The van der Waals surface area contributed by atoms with Gasteiger partial charge in [-0.25, -0.2) is 4.39 Å². The van der Waals surface area contributed by atoms with Crippen LogP contribution in [0.2, 0.25) is 0 Å². The molecular formula is C16H14FN3. The van der Waals surface area contributed by atoms with Gasteiger partial charge in [0.05, 0.1) is 23.1 Å². The third-order valence-electron chi connectivity index (χ3n) is 3.25. The van der Waals surface area contributed by atoms with E-state index in [2.05, 4.69) is 10.3 Å². The van der Waals surface area contributed by atoms with E-state index >= 15 is 0 Å². The largest absolute Gasteiger partial charge is 0.396 e. The number of aromatic nitrogens is 1. The van der Waals surface area contributed by atoms with Gasteiger partial charge in [-0.05, 0) is 30.7 Å². The molecule has 0 saturated heterocycles. The van der Waals surface area contributed by atoms with E-state index in [1.165, 1.54) is 6.07 Å². The average Bonchev–Trinajstić information content (AvgIpc) is 2.46. The van der Waals surface area contributed by atoms with Crippen LogP contribution in [-0.2, 0) is 0 Å². The van der Waals surface area contributed by atoms with Crippen LogP contribution >= 0.6 is 0 Å². The van der Waals surface area contributed by atoms with Crippen LogP contribution in [0, 0.1) is 12.7 Å². The number of hydrogen-bond acceptors (Lipinski definition) is 3. The molecule has 0 radical (unpaired) electrons. The molecule has 3 rings (SSSR count). The molecule has 1 heterocycles. The number of aryl methyl sites for hydroxylation is 1. The van der Waals surface area contributed by atoms with Crippen molar-refractivity contribution in [2.24, 2.45) is 0 Å². The Kier molecular flexibility index (Phi) is 2.99. The van der Waals surface area contributed by atoms with E-state index < -0.39 is 0 Å². The number of benzene rings is 2. The molecule has 0 aliphatic rings. The monoisotopic (exact) mass is 267 g/mol. The SMILES string of the molecule is Cc1ccc(Nc2c(N)cnc3ccccc23)cc1F. The zero-order chi connectivity index (χ0) is 14.1. The first kappa shape index (κ1) is 12.4. The summed E-state index contributed by atoms with van der Waals surface area (Å²) in [7, 11) is 0. The minimum absolute atomic E-state index is 0.244. The van der Waals surface area contributed by atoms with Crippen LogP contribution in [0.5, 0.6) is 0 Å². The van der Waals surface area contributed by atoms with Crippen molar-refractivity contribution in [2.45, 2.75) is 6.92 Å². The lowest BCUT2D eigenvalue weighted by Gasteiger charge is -2.12. The Balaban J connectivity index is 2.10. The summed E-state index contributed by atoms with van der Waals surface area (Å²) in [5.41, 5.74) is 9.39. The predicted molar refractivity (Wildman–Crippen MR) is 80.6 cm³/mol. The first-order chi connectivity index (χ1) is 9.65. The van der Waals surface area contributed by atoms with Crippen molar-refractivity contribution in [2.75, 3.05) is 11.1 Å². The number of anilines is 3. The number of nitrogen functional groups attached to an aromatic ring is 1. The summed E-state index contributed by atoms with van der Waals surface area (Å²) < 4.78 is 13.6. The van der Waals surface area contributed by atoms with Crippen molar-refractivity contribution in [1.82, 2.24) is 4.98 Å². The topological polar surface area (TPSA) is 50.9 Å². The lowest BCUT2D eigenvalue weighted by Crippen LogP contribution is -1.99. The maximum Gasteiger partial charge on any atom is 0.128 e. The number of nitrogens with two attached hydrogens (primary N) is 1. The van der Waals surface area contributed by atoms with Crippen LogP contribution < -0.4 is 11.1 Å². The van der Waals surface area contributed by atoms with E-state index in [1.807, 2.05) is 30.3 Å². The van der Waals surface area contributed by atoms with Crippen molar-refractivity contribution >= 4 is 28.0 Å². The maximum atomic E-state index is 13.6. The highest BCUT2D eigenvalue weighted by atomic mass is 19.1. The molecule has 3 aromatic rings. The first-order valence-corrected chi connectivity index (χ1v) is 6.31. The van der Waals surface area contributed by atoms with Crippen molar-refractivity contribution in [3.63, 3.8) is 0 Å². The van der Waals surface area contributed by atoms with Crippen molar-refractivity contribution < 1.29 is 4.39 Å². The number of para-hydroxylation sites is 1. The van der Waals surface area contributed by atoms with Crippen molar-refractivity contribution in [3.8, 4) is 0 Å². The van der Waals surface area contributed by atoms with Crippen LogP contribution in [0.15, 0.2) is 48.7 Å². The molecule has 0 aliphatic carbocycles. The number of nitrogens with zero attached hydrogens (tertiary/aromatic N) is 1. The molecule has 4 heteroatoms. The van der Waals surface area contributed by atoms with E-state index in [4.69, 9.17) is 5.73 Å². The first-order valence-electron chi connectivity index (χ1n) is 6.31. The third-order valence-corrected chi connectivity index (χ3v) is 3.25. The van der Waals surface area contributed by atoms with Crippen LogP contribution in [-0.4, -0.2) is 4.98 Å². The normalized spacial score (nSPS) is 10.7. The summed E-state index contributed by atoms with van der Waals surface area (Å²) >= 11 is 0. The van der Waals surface area contributed by atoms with Crippen LogP contribution in [0.3, 0.4) is 0 Å². The van der Waals surface area contributed by atoms with E-state index in [-0.39, 0.29) is 5.82 Å². The van der Waals surface area contributed by atoms with Crippen molar-refractivity contribution in [1.29, 1.82) is 0 Å². The fourth-order valence-electron chi connectivity index (χ4n) is 2.11. The summed E-state index contributed by atoms with van der Waals surface area (Å²) in [5, 5.41) is 4.09. The molecule has 0 amide bonds. The number of rotatable bonds is 2. The van der Waals surface area contributed by atoms with Crippen LogP contribution in [0.4, 0.5) is 21.5 Å². The molecule has 0 atom stereocenters. The number of nitrogens with one attached hydrogen (secondary N) is 1. The Bertz CT molecular complexity index is 784. The summed E-state index contributed by atoms with van der Waals surface area (Å²) in [6.07, 6.45) is 1.61. The van der Waals surface area contributed by atoms with Gasteiger partial charge in [0.2, 0.25) is 0 Å². The average molecular weight is 267 g/mol. The minimum atomic E-state index is -0.244. The summed E-state index contributed by atoms with van der Waals surface area (Å²) in [6, 6.07) is 12.7. The highest BCUT2D eigenvalue weighted by Crippen LogP contribution is 2.30. The zero-order valence-corrected chi connectivity index (χ0v) is 11.0. The molecule has 20 heavy (non-hydrogen) atoms. The fourth-order valence-corrected chi connectivity index (χ4v) is 2.11. The van der Waals surface area contributed by atoms with Gasteiger partial charge in [-0.15, -0.1) is 0 Å². The second-order valence-electron chi connectivity index (χ2n) is 4.69. The van der Waals surface area contributed by atoms with Gasteiger partial charge in [0.15, 0.2) is 0 Å². The molecule has 100 valence electrons. The van der Waals surface area contributed by atoms with Gasteiger partial charge in [-0.3, -0.25) is 4.98 Å². The Morgan fingerprint density at radius 1 is 1.15 bits per heavy atom. The highest BCUT2D eigenvalue weighted by Gasteiger charge is 2.07. The molecule has 0 aliphatic heterocycles.